The van der Waals surface area contributed by atoms with Gasteiger partial charge in [-0.3, -0.25) is 9.59 Å². The first-order chi connectivity index (χ1) is 12.5. The minimum Gasteiger partial charge on any atom is -0.454 e. The van der Waals surface area contributed by atoms with Gasteiger partial charge in [0, 0.05) is 43.1 Å². The molecule has 1 fully saturated rings. The molecule has 2 aliphatic rings. The van der Waals surface area contributed by atoms with Crippen LogP contribution in [0.4, 0.5) is 0 Å². The van der Waals surface area contributed by atoms with E-state index in [4.69, 9.17) is 9.47 Å². The maximum absolute atomic E-state index is 12.7. The number of fused-ring (bicyclic) bond motifs is 1. The molecule has 7 heteroatoms. The van der Waals surface area contributed by atoms with E-state index < -0.39 is 0 Å². The summed E-state index contributed by atoms with van der Waals surface area (Å²) in [6, 6.07) is 7.10. The van der Waals surface area contributed by atoms with Crippen LogP contribution in [0.15, 0.2) is 24.3 Å². The van der Waals surface area contributed by atoms with Gasteiger partial charge in [0.2, 0.25) is 6.79 Å². The predicted octanol–water partition coefficient (Wildman–Crippen LogP) is 1.96. The summed E-state index contributed by atoms with van der Waals surface area (Å²) in [6.07, 6.45) is 0. The van der Waals surface area contributed by atoms with Gasteiger partial charge in [0.1, 0.15) is 0 Å². The Hall–Kier alpha value is -2.96. The fraction of sp³-hybridized carbons (Fsp3) is 0.368. The molecule has 26 heavy (non-hydrogen) atoms. The minimum atomic E-state index is -0.0518. The number of nitrogens with one attached hydrogen (secondary N) is 1. The Morgan fingerprint density at radius 1 is 0.923 bits per heavy atom. The molecule has 1 aromatic carbocycles. The van der Waals surface area contributed by atoms with Gasteiger partial charge < -0.3 is 24.3 Å². The normalized spacial score (nSPS) is 16.1. The van der Waals surface area contributed by atoms with Crippen molar-refractivity contribution in [3.8, 4) is 11.5 Å². The van der Waals surface area contributed by atoms with Gasteiger partial charge in [-0.05, 0) is 38.1 Å². The highest BCUT2D eigenvalue weighted by molar-refractivity contribution is 5.97. The molecule has 0 saturated carbocycles. The number of aromatic amines is 1. The smallest absolute Gasteiger partial charge is 0.255 e. The average Bonchev–Trinajstić information content (AvgIpc) is 3.25. The molecule has 4 rings (SSSR count). The van der Waals surface area contributed by atoms with Crippen LogP contribution in [0.3, 0.4) is 0 Å². The summed E-state index contributed by atoms with van der Waals surface area (Å²) in [5.74, 6) is 1.23. The Bertz CT molecular complexity index is 866. The molecule has 136 valence electrons. The monoisotopic (exact) mass is 355 g/mol. The number of hydrogen-bond acceptors (Lipinski definition) is 4. The van der Waals surface area contributed by atoms with Crippen LogP contribution in [0.25, 0.3) is 0 Å². The summed E-state index contributed by atoms with van der Waals surface area (Å²) >= 11 is 0. The standard InChI is InChI=1S/C19H21N3O4/c1-12-9-15(13(2)20-12)19(24)22-7-5-21(6-8-22)18(23)14-3-4-16-17(10-14)26-11-25-16/h3-4,9-10,20H,5-8,11H2,1-2H3. The molecule has 0 radical (unpaired) electrons. The third-order valence-electron chi connectivity index (χ3n) is 4.85. The number of nitrogens with zero attached hydrogens (tertiary/aromatic N) is 2. The van der Waals surface area contributed by atoms with Gasteiger partial charge in [-0.15, -0.1) is 0 Å². The van der Waals surface area contributed by atoms with Crippen LogP contribution in [0, 0.1) is 13.8 Å². The van der Waals surface area contributed by atoms with Gasteiger partial charge in [-0.1, -0.05) is 0 Å². The molecule has 0 atom stereocenters. The Kier molecular flexibility index (Phi) is 4.06. The van der Waals surface area contributed by atoms with E-state index in [0.29, 0.717) is 48.8 Å². The lowest BCUT2D eigenvalue weighted by molar-refractivity contribution is 0.0535. The van der Waals surface area contributed by atoms with Gasteiger partial charge in [-0.25, -0.2) is 0 Å². The van der Waals surface area contributed by atoms with Crippen LogP contribution in [0.2, 0.25) is 0 Å². The molecule has 0 bridgehead atoms. The summed E-state index contributed by atoms with van der Waals surface area (Å²) in [4.78, 5) is 32.1. The summed E-state index contributed by atoms with van der Waals surface area (Å²) in [6.45, 7) is 6.11. The van der Waals surface area contributed by atoms with Gasteiger partial charge >= 0.3 is 0 Å². The summed E-state index contributed by atoms with van der Waals surface area (Å²) in [5.41, 5.74) is 3.14. The maximum atomic E-state index is 12.7. The van der Waals surface area contributed by atoms with Crippen molar-refractivity contribution in [2.24, 2.45) is 0 Å². The van der Waals surface area contributed by atoms with E-state index in [-0.39, 0.29) is 18.6 Å². The molecular formula is C19H21N3O4. The summed E-state index contributed by atoms with van der Waals surface area (Å²) in [5, 5.41) is 0. The highest BCUT2D eigenvalue weighted by Crippen LogP contribution is 2.32. The second-order valence-electron chi connectivity index (χ2n) is 6.64. The lowest BCUT2D eigenvalue weighted by Gasteiger charge is -2.34. The summed E-state index contributed by atoms with van der Waals surface area (Å²) < 4.78 is 10.6. The Morgan fingerprint density at radius 3 is 2.23 bits per heavy atom. The first-order valence-corrected chi connectivity index (χ1v) is 8.67. The molecule has 2 aliphatic heterocycles. The maximum Gasteiger partial charge on any atom is 0.255 e. The van der Waals surface area contributed by atoms with E-state index in [0.717, 1.165) is 11.4 Å². The average molecular weight is 355 g/mol. The van der Waals surface area contributed by atoms with Crippen LogP contribution in [0.1, 0.15) is 32.1 Å². The molecule has 0 aliphatic carbocycles. The third-order valence-corrected chi connectivity index (χ3v) is 4.85. The van der Waals surface area contributed by atoms with E-state index in [1.165, 1.54) is 0 Å². The quantitative estimate of drug-likeness (QED) is 0.894. The highest BCUT2D eigenvalue weighted by Gasteiger charge is 2.27. The van der Waals surface area contributed by atoms with Crippen molar-refractivity contribution in [3.63, 3.8) is 0 Å². The van der Waals surface area contributed by atoms with Crippen molar-refractivity contribution in [2.45, 2.75) is 13.8 Å². The van der Waals surface area contributed by atoms with Gasteiger partial charge in [0.15, 0.2) is 11.5 Å². The number of aromatic nitrogens is 1. The molecular weight excluding hydrogens is 334 g/mol. The van der Waals surface area contributed by atoms with E-state index in [2.05, 4.69) is 4.98 Å². The molecule has 0 spiro atoms. The fourth-order valence-electron chi connectivity index (χ4n) is 3.44. The van der Waals surface area contributed by atoms with Crippen LogP contribution in [-0.2, 0) is 0 Å². The van der Waals surface area contributed by atoms with Gasteiger partial charge in [-0.2, -0.15) is 0 Å². The topological polar surface area (TPSA) is 74.9 Å². The molecule has 7 nitrogen and oxygen atoms in total. The van der Waals surface area contributed by atoms with E-state index in [1.54, 1.807) is 28.0 Å². The second-order valence-corrected chi connectivity index (χ2v) is 6.64. The molecule has 1 saturated heterocycles. The van der Waals surface area contributed by atoms with Gasteiger partial charge in [0.05, 0.1) is 5.56 Å². The Balaban J connectivity index is 1.41. The SMILES string of the molecule is Cc1cc(C(=O)N2CCN(C(=O)c3ccc4c(c3)OCO4)CC2)c(C)[nH]1. The first kappa shape index (κ1) is 16.5. The largest absolute Gasteiger partial charge is 0.454 e. The molecule has 1 N–H and O–H groups in total. The van der Waals surface area contributed by atoms with Crippen molar-refractivity contribution in [1.29, 1.82) is 0 Å². The molecule has 1 aromatic heterocycles. The van der Waals surface area contributed by atoms with Crippen molar-refractivity contribution >= 4 is 11.8 Å². The number of ether oxygens (including phenoxy) is 2. The lowest BCUT2D eigenvalue weighted by Crippen LogP contribution is -2.50. The van der Waals surface area contributed by atoms with E-state index in [9.17, 15) is 9.59 Å². The molecule has 3 heterocycles. The third kappa shape index (κ3) is 2.89. The van der Waals surface area contributed by atoms with Crippen molar-refractivity contribution in [2.75, 3.05) is 33.0 Å². The number of carbonyl (C=O) groups is 2. The molecule has 0 unspecified atom stereocenters. The first-order valence-electron chi connectivity index (χ1n) is 8.67. The number of rotatable bonds is 2. The number of H-pyrrole nitrogens is 1. The molecule has 2 aromatic rings. The van der Waals surface area contributed by atoms with Crippen molar-refractivity contribution in [1.82, 2.24) is 14.8 Å². The fourth-order valence-corrected chi connectivity index (χ4v) is 3.44. The van der Waals surface area contributed by atoms with Crippen LogP contribution in [0.5, 0.6) is 11.5 Å². The van der Waals surface area contributed by atoms with Crippen LogP contribution < -0.4 is 9.47 Å². The van der Waals surface area contributed by atoms with Crippen molar-refractivity contribution in [3.05, 3.63) is 46.8 Å². The second kappa shape index (κ2) is 6.40. The number of aryl methyl sites for hydroxylation is 2. The number of amides is 2. The highest BCUT2D eigenvalue weighted by atomic mass is 16.7. The van der Waals surface area contributed by atoms with Crippen molar-refractivity contribution < 1.29 is 19.1 Å². The van der Waals surface area contributed by atoms with E-state index in [1.807, 2.05) is 19.9 Å². The van der Waals surface area contributed by atoms with Gasteiger partial charge in [0.25, 0.3) is 11.8 Å². The Morgan fingerprint density at radius 2 is 1.58 bits per heavy atom. The number of hydrogen-bond donors (Lipinski definition) is 1. The zero-order valence-electron chi connectivity index (χ0n) is 14.9. The number of carbonyl (C=O) groups excluding carboxylic acids is 2. The molecule has 2 amide bonds. The van der Waals surface area contributed by atoms with Crippen LogP contribution in [-0.4, -0.2) is 59.6 Å². The van der Waals surface area contributed by atoms with Crippen LogP contribution >= 0.6 is 0 Å². The minimum absolute atomic E-state index is 0.0158. The zero-order chi connectivity index (χ0) is 18.3. The zero-order valence-corrected chi connectivity index (χ0v) is 14.9. The summed E-state index contributed by atoms with van der Waals surface area (Å²) in [7, 11) is 0. The Labute approximate surface area is 151 Å². The number of benzene rings is 1. The lowest BCUT2D eigenvalue weighted by atomic mass is 10.1. The number of piperazine rings is 1. The predicted molar refractivity (Wildman–Crippen MR) is 94.6 cm³/mol. The van der Waals surface area contributed by atoms with E-state index >= 15 is 0 Å².